The van der Waals surface area contributed by atoms with Crippen LogP contribution in [0.1, 0.15) is 101 Å². The lowest BCUT2D eigenvalue weighted by Gasteiger charge is -2.39. The summed E-state index contributed by atoms with van der Waals surface area (Å²) >= 11 is 0. The van der Waals surface area contributed by atoms with E-state index in [0.29, 0.717) is 32.1 Å². The van der Waals surface area contributed by atoms with Crippen molar-refractivity contribution in [2.75, 3.05) is 94.9 Å². The zero-order valence-electron chi connectivity index (χ0n) is 45.2. The molecule has 8 heterocycles. The molecule has 0 bridgehead atoms. The first-order valence-electron chi connectivity index (χ1n) is 26.7. The number of piperidine rings is 2. The van der Waals surface area contributed by atoms with Crippen LogP contribution in [0.15, 0.2) is 83.0 Å². The number of likely N-dealkylation sites (tertiary alicyclic amines) is 2. The highest BCUT2D eigenvalue weighted by Crippen LogP contribution is 2.31. The monoisotopic (exact) mass is 1060 g/mol. The predicted molar refractivity (Wildman–Crippen MR) is 294 cm³/mol. The molecular weight excluding hydrogens is 985 g/mol. The van der Waals surface area contributed by atoms with Crippen LogP contribution >= 0.6 is 0 Å². The van der Waals surface area contributed by atoms with Crippen molar-refractivity contribution >= 4 is 52.9 Å². The number of hydrogen-bond donors (Lipinski definition) is 1. The van der Waals surface area contributed by atoms with Gasteiger partial charge in [0.25, 0.3) is 11.4 Å². The standard InChI is InChI=1S/C28H36N6O4.C17H17N5O2.C11H19NO3/c1-28(2,3)38-27(35)33-10-7-20(8-11-33)19-31-12-14-32(15-13-31)25-16-21(6-9-29-25)26-24-17-23(34(36)37)5-4-22(24)18-30-26;23-22(24)14-2-1-13-11-20-17(15(13)10-14)12-3-4-19-16(9-12)21-7-5-18-6-8-21;1-11(2,3)15-10(14)12-6-4-9(8-13)5-7-12/h4-6,9,16-17,20H,7-8,10-15,18-19H2,1-3H3;1-4,9-10,18H,5-8,11H2;8-9H,4-7H2,1-3H3. The molecule has 4 fully saturated rings. The van der Waals surface area contributed by atoms with Gasteiger partial charge in [0.2, 0.25) is 0 Å². The molecule has 6 aliphatic rings. The van der Waals surface area contributed by atoms with Crippen LogP contribution < -0.4 is 15.1 Å². The summed E-state index contributed by atoms with van der Waals surface area (Å²) in [5.41, 5.74) is 6.49. The minimum absolute atomic E-state index is 0.0827. The summed E-state index contributed by atoms with van der Waals surface area (Å²) in [5, 5.41) is 25.6. The highest BCUT2D eigenvalue weighted by atomic mass is 16.6. The summed E-state index contributed by atoms with van der Waals surface area (Å²) in [6.45, 7) is 23.6. The van der Waals surface area contributed by atoms with Gasteiger partial charge in [-0.15, -0.1) is 0 Å². The van der Waals surface area contributed by atoms with Crippen molar-refractivity contribution in [1.82, 2.24) is 30.0 Å². The lowest BCUT2D eigenvalue weighted by molar-refractivity contribution is -0.385. The van der Waals surface area contributed by atoms with Gasteiger partial charge in [0.05, 0.1) is 34.4 Å². The van der Waals surface area contributed by atoms with Crippen LogP contribution in [-0.4, -0.2) is 161 Å². The molecule has 4 saturated heterocycles. The number of nitro groups is 2. The molecule has 0 unspecified atom stereocenters. The predicted octanol–water partition coefficient (Wildman–Crippen LogP) is 7.69. The second-order valence-electron chi connectivity index (χ2n) is 22.2. The second kappa shape index (κ2) is 24.7. The molecule has 410 valence electrons. The quantitative estimate of drug-likeness (QED) is 0.0961. The molecule has 2 aromatic heterocycles. The SMILES string of the molecule is CC(C)(C)OC(=O)N1CCC(C=O)CC1.CC(C)(C)OC(=O)N1CCC(CN2CCN(c3cc(C4=NCc5ccc([N+](=O)[O-])cc54)ccn3)CC2)CC1.O=[N+]([O-])c1ccc2c(c1)C(c1ccnc(N3CCNCC3)c1)=NC2. The van der Waals surface area contributed by atoms with Gasteiger partial charge in [-0.2, -0.15) is 0 Å². The van der Waals surface area contributed by atoms with E-state index >= 15 is 0 Å². The highest BCUT2D eigenvalue weighted by Gasteiger charge is 2.31. The molecule has 10 rings (SSSR count). The van der Waals surface area contributed by atoms with Crippen molar-refractivity contribution in [2.45, 2.75) is 91.5 Å². The molecular formula is C56H72N12O9. The van der Waals surface area contributed by atoms with E-state index < -0.39 is 11.2 Å². The van der Waals surface area contributed by atoms with Crippen LogP contribution in [0.3, 0.4) is 0 Å². The first-order valence-corrected chi connectivity index (χ1v) is 26.7. The van der Waals surface area contributed by atoms with Crippen molar-refractivity contribution in [3.8, 4) is 0 Å². The first-order chi connectivity index (χ1) is 36.8. The van der Waals surface area contributed by atoms with Gasteiger partial charge in [0.15, 0.2) is 0 Å². The lowest BCUT2D eigenvalue weighted by Crippen LogP contribution is -2.49. The number of ether oxygens (including phenoxy) is 2. The van der Waals surface area contributed by atoms with E-state index in [0.717, 1.165) is 160 Å². The molecule has 0 aliphatic carbocycles. The fourth-order valence-electron chi connectivity index (χ4n) is 10.1. The minimum atomic E-state index is -0.461. The Morgan fingerprint density at radius 1 is 0.623 bits per heavy atom. The van der Waals surface area contributed by atoms with Crippen LogP contribution in [0.25, 0.3) is 0 Å². The fourth-order valence-corrected chi connectivity index (χ4v) is 10.1. The number of rotatable bonds is 9. The lowest BCUT2D eigenvalue weighted by atomic mass is 9.96. The summed E-state index contributed by atoms with van der Waals surface area (Å²) in [5.74, 6) is 2.54. The van der Waals surface area contributed by atoms with Crippen LogP contribution in [-0.2, 0) is 27.4 Å². The van der Waals surface area contributed by atoms with E-state index in [1.54, 1.807) is 47.6 Å². The number of amides is 2. The molecule has 77 heavy (non-hydrogen) atoms. The zero-order valence-corrected chi connectivity index (χ0v) is 45.2. The third-order valence-corrected chi connectivity index (χ3v) is 14.3. The summed E-state index contributed by atoms with van der Waals surface area (Å²) < 4.78 is 10.8. The normalized spacial score (nSPS) is 18.1. The van der Waals surface area contributed by atoms with E-state index in [-0.39, 0.29) is 39.3 Å². The molecule has 4 aromatic rings. The molecule has 0 radical (unpaired) electrons. The van der Waals surface area contributed by atoms with Crippen LogP contribution in [0.2, 0.25) is 0 Å². The smallest absolute Gasteiger partial charge is 0.410 e. The summed E-state index contributed by atoms with van der Waals surface area (Å²) in [6.07, 6.45) is 7.60. The Balaban J connectivity index is 0.000000171. The van der Waals surface area contributed by atoms with Gasteiger partial charge < -0.3 is 39.2 Å². The van der Waals surface area contributed by atoms with E-state index in [2.05, 4.69) is 46.0 Å². The number of aliphatic imine (C=N–C) groups is 2. The number of aldehydes is 1. The maximum atomic E-state index is 12.3. The molecule has 6 aliphatic heterocycles. The molecule has 0 saturated carbocycles. The Hall–Kier alpha value is -7.39. The third-order valence-electron chi connectivity index (χ3n) is 14.3. The second-order valence-corrected chi connectivity index (χ2v) is 22.2. The van der Waals surface area contributed by atoms with Gasteiger partial charge in [0.1, 0.15) is 29.1 Å². The van der Waals surface area contributed by atoms with Crippen molar-refractivity contribution in [1.29, 1.82) is 0 Å². The minimum Gasteiger partial charge on any atom is -0.444 e. The topological polar surface area (TPSA) is 235 Å². The van der Waals surface area contributed by atoms with Gasteiger partial charge >= 0.3 is 12.2 Å². The molecule has 2 aromatic carbocycles. The molecule has 1 N–H and O–H groups in total. The Morgan fingerprint density at radius 2 is 1.06 bits per heavy atom. The average Bonchev–Trinajstić information content (AvgIpc) is 4.08. The van der Waals surface area contributed by atoms with Crippen LogP contribution in [0, 0.1) is 32.1 Å². The summed E-state index contributed by atoms with van der Waals surface area (Å²) in [7, 11) is 0. The Bertz CT molecular complexity index is 2830. The van der Waals surface area contributed by atoms with E-state index in [9.17, 15) is 34.6 Å². The Kier molecular flexibility index (Phi) is 17.9. The maximum Gasteiger partial charge on any atom is 0.410 e. The number of benzene rings is 2. The Labute approximate surface area is 450 Å². The van der Waals surface area contributed by atoms with Crippen molar-refractivity contribution < 1.29 is 33.7 Å². The van der Waals surface area contributed by atoms with E-state index in [4.69, 9.17) is 9.47 Å². The van der Waals surface area contributed by atoms with Crippen LogP contribution in [0.5, 0.6) is 0 Å². The number of carbonyl (C=O) groups is 3. The van der Waals surface area contributed by atoms with Crippen LogP contribution in [0.4, 0.5) is 32.6 Å². The number of nitrogens with one attached hydrogen (secondary N) is 1. The largest absolute Gasteiger partial charge is 0.444 e. The highest BCUT2D eigenvalue weighted by molar-refractivity contribution is 6.16. The summed E-state index contributed by atoms with van der Waals surface area (Å²) in [4.78, 5) is 85.0. The number of nitrogens with zero attached hydrogens (tertiary/aromatic N) is 11. The molecule has 0 spiro atoms. The number of anilines is 2. The van der Waals surface area contributed by atoms with Gasteiger partial charge in [-0.25, -0.2) is 19.6 Å². The van der Waals surface area contributed by atoms with Gasteiger partial charge in [-0.05, 0) is 121 Å². The number of pyridine rings is 2. The number of piperazine rings is 2. The van der Waals surface area contributed by atoms with Gasteiger partial charge in [-0.3, -0.25) is 35.1 Å². The number of carbonyl (C=O) groups excluding carboxylic acids is 3. The maximum absolute atomic E-state index is 12.3. The Morgan fingerprint density at radius 3 is 1.49 bits per heavy atom. The number of non-ortho nitro benzene ring substituents is 2. The molecule has 2 amide bonds. The van der Waals surface area contributed by atoms with E-state index in [1.165, 1.54) is 6.07 Å². The average molecular weight is 1060 g/mol. The fraction of sp³-hybridized carbons (Fsp3) is 0.518. The van der Waals surface area contributed by atoms with Gasteiger partial charge in [0, 0.05) is 150 Å². The third kappa shape index (κ3) is 15.0. The van der Waals surface area contributed by atoms with E-state index in [1.807, 2.05) is 64.6 Å². The summed E-state index contributed by atoms with van der Waals surface area (Å²) in [6, 6.07) is 17.8. The number of nitro benzene ring substituents is 2. The van der Waals surface area contributed by atoms with Crippen molar-refractivity contribution in [3.05, 3.63) is 127 Å². The first kappa shape index (κ1) is 55.8. The zero-order chi connectivity index (χ0) is 54.9. The molecule has 0 atom stereocenters. The van der Waals surface area contributed by atoms with Crippen molar-refractivity contribution in [3.63, 3.8) is 0 Å². The molecule has 21 heteroatoms. The van der Waals surface area contributed by atoms with Crippen molar-refractivity contribution in [2.24, 2.45) is 21.8 Å². The number of hydrogen-bond acceptors (Lipinski definition) is 17. The molecule has 21 nitrogen and oxygen atoms in total. The number of fused-ring (bicyclic) bond motifs is 2. The number of aromatic nitrogens is 2. The van der Waals surface area contributed by atoms with Gasteiger partial charge in [-0.1, -0.05) is 0 Å².